The Balaban J connectivity index is 1.90. The largest absolute Gasteiger partial charge is 0.369 e. The summed E-state index contributed by atoms with van der Waals surface area (Å²) in [5.74, 6) is 0. The smallest absolute Gasteiger partial charge is 0.0833 e. The molecule has 1 heterocycles. The van der Waals surface area contributed by atoms with Crippen molar-refractivity contribution in [2.75, 3.05) is 20.6 Å². The van der Waals surface area contributed by atoms with E-state index in [1.54, 1.807) is 0 Å². The molecule has 0 aliphatic carbocycles. The van der Waals surface area contributed by atoms with E-state index >= 15 is 0 Å². The Morgan fingerprint density at radius 2 is 2.13 bits per heavy atom. The van der Waals surface area contributed by atoms with Crippen LogP contribution in [0.5, 0.6) is 0 Å². The predicted octanol–water partition coefficient (Wildman–Crippen LogP) is 2.60. The summed E-state index contributed by atoms with van der Waals surface area (Å²) in [5.41, 5.74) is 2.77. The molecule has 1 unspecified atom stereocenters. The van der Waals surface area contributed by atoms with E-state index in [1.807, 2.05) is 0 Å². The van der Waals surface area contributed by atoms with Gasteiger partial charge in [-0.1, -0.05) is 24.3 Å². The van der Waals surface area contributed by atoms with Gasteiger partial charge in [0.05, 0.1) is 12.7 Å². The highest BCUT2D eigenvalue weighted by Crippen LogP contribution is 2.33. The summed E-state index contributed by atoms with van der Waals surface area (Å²) in [4.78, 5) is 2.22. The van der Waals surface area contributed by atoms with E-state index < -0.39 is 0 Å². The van der Waals surface area contributed by atoms with Crippen LogP contribution in [0.4, 0.5) is 0 Å². The normalized spacial score (nSPS) is 19.5. The molecule has 1 aromatic carbocycles. The lowest BCUT2D eigenvalue weighted by molar-refractivity contribution is 0.0573. The summed E-state index contributed by atoms with van der Waals surface area (Å²) in [6, 6.07) is 8.56. The van der Waals surface area contributed by atoms with Crippen LogP contribution < -0.4 is 0 Å². The summed E-state index contributed by atoms with van der Waals surface area (Å²) in [7, 11) is 4.23. The van der Waals surface area contributed by atoms with E-state index in [0.29, 0.717) is 6.10 Å². The van der Waals surface area contributed by atoms with Gasteiger partial charge >= 0.3 is 0 Å². The van der Waals surface area contributed by atoms with Crippen molar-refractivity contribution in [3.8, 4) is 0 Å². The van der Waals surface area contributed by atoms with Crippen LogP contribution in [0.1, 0.15) is 30.1 Å². The number of hydrogen-bond acceptors (Lipinski definition) is 2. The third-order valence-electron chi connectivity index (χ3n) is 2.91. The molecule has 0 amide bonds. The highest BCUT2D eigenvalue weighted by molar-refractivity contribution is 5.31. The monoisotopic (exact) mass is 205 g/mol. The lowest BCUT2D eigenvalue weighted by atomic mass is 10.0. The SMILES string of the molecule is CN(C)CCCC1OCc2ccccc21. The van der Waals surface area contributed by atoms with Gasteiger partial charge in [0.25, 0.3) is 0 Å². The van der Waals surface area contributed by atoms with Crippen molar-refractivity contribution >= 4 is 0 Å². The standard InChI is InChI=1S/C13H19NO/c1-14(2)9-5-8-13-12-7-4-3-6-11(12)10-15-13/h3-4,6-7,13H,5,8-10H2,1-2H3. The van der Waals surface area contributed by atoms with Crippen LogP contribution in [-0.2, 0) is 11.3 Å². The summed E-state index contributed by atoms with van der Waals surface area (Å²) < 4.78 is 5.79. The molecule has 0 radical (unpaired) electrons. The third kappa shape index (κ3) is 2.58. The molecule has 1 atom stereocenters. The van der Waals surface area contributed by atoms with Crippen LogP contribution in [0.3, 0.4) is 0 Å². The molecule has 0 saturated heterocycles. The Kier molecular flexibility index (Phi) is 3.39. The van der Waals surface area contributed by atoms with Gasteiger partial charge in [-0.3, -0.25) is 0 Å². The van der Waals surface area contributed by atoms with Gasteiger partial charge in [-0.05, 0) is 44.6 Å². The van der Waals surface area contributed by atoms with Gasteiger partial charge in [0.2, 0.25) is 0 Å². The zero-order valence-corrected chi connectivity index (χ0v) is 9.57. The molecule has 0 aromatic heterocycles. The average molecular weight is 205 g/mol. The first-order chi connectivity index (χ1) is 7.27. The minimum atomic E-state index is 0.334. The molecule has 0 saturated carbocycles. The fraction of sp³-hybridized carbons (Fsp3) is 0.538. The maximum atomic E-state index is 5.79. The average Bonchev–Trinajstić information content (AvgIpc) is 2.62. The molecular weight excluding hydrogens is 186 g/mol. The van der Waals surface area contributed by atoms with E-state index in [1.165, 1.54) is 17.5 Å². The first-order valence-electron chi connectivity index (χ1n) is 5.61. The Morgan fingerprint density at radius 3 is 2.93 bits per heavy atom. The van der Waals surface area contributed by atoms with Crippen molar-refractivity contribution in [1.82, 2.24) is 4.90 Å². The van der Waals surface area contributed by atoms with Crippen molar-refractivity contribution in [2.45, 2.75) is 25.6 Å². The molecular formula is C13H19NO. The third-order valence-corrected chi connectivity index (χ3v) is 2.91. The minimum Gasteiger partial charge on any atom is -0.369 e. The number of hydrogen-bond donors (Lipinski definition) is 0. The molecule has 15 heavy (non-hydrogen) atoms. The van der Waals surface area contributed by atoms with Crippen LogP contribution in [-0.4, -0.2) is 25.5 Å². The summed E-state index contributed by atoms with van der Waals surface area (Å²) in [6.45, 7) is 1.94. The number of ether oxygens (including phenoxy) is 1. The highest BCUT2D eigenvalue weighted by atomic mass is 16.5. The first kappa shape index (κ1) is 10.7. The van der Waals surface area contributed by atoms with Crippen LogP contribution in [0.2, 0.25) is 0 Å². The van der Waals surface area contributed by atoms with E-state index in [-0.39, 0.29) is 0 Å². The van der Waals surface area contributed by atoms with E-state index in [9.17, 15) is 0 Å². The molecule has 2 heteroatoms. The molecule has 82 valence electrons. The van der Waals surface area contributed by atoms with Gasteiger partial charge in [0.15, 0.2) is 0 Å². The topological polar surface area (TPSA) is 12.5 Å². The molecule has 1 aliphatic heterocycles. The Labute approximate surface area is 91.9 Å². The fourth-order valence-corrected chi connectivity index (χ4v) is 2.09. The molecule has 1 aliphatic rings. The molecule has 2 nitrogen and oxygen atoms in total. The van der Waals surface area contributed by atoms with Gasteiger partial charge in [-0.15, -0.1) is 0 Å². The number of nitrogens with zero attached hydrogens (tertiary/aromatic N) is 1. The Morgan fingerprint density at radius 1 is 1.33 bits per heavy atom. The molecule has 0 fully saturated rings. The van der Waals surface area contributed by atoms with E-state index in [4.69, 9.17) is 4.74 Å². The number of rotatable bonds is 4. The van der Waals surface area contributed by atoms with E-state index in [0.717, 1.165) is 19.6 Å². The van der Waals surface area contributed by atoms with Gasteiger partial charge in [-0.25, -0.2) is 0 Å². The zero-order valence-electron chi connectivity index (χ0n) is 9.57. The van der Waals surface area contributed by atoms with Gasteiger partial charge in [-0.2, -0.15) is 0 Å². The van der Waals surface area contributed by atoms with Crippen molar-refractivity contribution in [2.24, 2.45) is 0 Å². The Hall–Kier alpha value is -0.860. The van der Waals surface area contributed by atoms with Crippen molar-refractivity contribution in [1.29, 1.82) is 0 Å². The summed E-state index contributed by atoms with van der Waals surface area (Å²) >= 11 is 0. The van der Waals surface area contributed by atoms with E-state index in [2.05, 4.69) is 43.3 Å². The van der Waals surface area contributed by atoms with Gasteiger partial charge in [0.1, 0.15) is 0 Å². The molecule has 0 bridgehead atoms. The maximum absolute atomic E-state index is 5.79. The number of fused-ring (bicyclic) bond motifs is 1. The molecule has 1 aromatic rings. The second kappa shape index (κ2) is 4.77. The fourth-order valence-electron chi connectivity index (χ4n) is 2.09. The quantitative estimate of drug-likeness (QED) is 0.749. The highest BCUT2D eigenvalue weighted by Gasteiger charge is 2.21. The van der Waals surface area contributed by atoms with Crippen LogP contribution in [0, 0.1) is 0 Å². The maximum Gasteiger partial charge on any atom is 0.0833 e. The summed E-state index contributed by atoms with van der Waals surface area (Å²) in [5, 5.41) is 0. The lowest BCUT2D eigenvalue weighted by Gasteiger charge is -2.13. The van der Waals surface area contributed by atoms with Crippen molar-refractivity contribution in [3.05, 3.63) is 35.4 Å². The van der Waals surface area contributed by atoms with Gasteiger partial charge in [0, 0.05) is 0 Å². The van der Waals surface area contributed by atoms with Gasteiger partial charge < -0.3 is 9.64 Å². The minimum absolute atomic E-state index is 0.334. The first-order valence-corrected chi connectivity index (χ1v) is 5.61. The Bertz CT molecular complexity index is 322. The van der Waals surface area contributed by atoms with Crippen LogP contribution in [0.15, 0.2) is 24.3 Å². The lowest BCUT2D eigenvalue weighted by Crippen LogP contribution is -2.13. The second-order valence-corrected chi connectivity index (χ2v) is 4.44. The van der Waals surface area contributed by atoms with Crippen molar-refractivity contribution < 1.29 is 4.74 Å². The zero-order chi connectivity index (χ0) is 10.7. The predicted molar refractivity (Wildman–Crippen MR) is 61.8 cm³/mol. The number of benzene rings is 1. The van der Waals surface area contributed by atoms with Crippen LogP contribution in [0.25, 0.3) is 0 Å². The van der Waals surface area contributed by atoms with Crippen molar-refractivity contribution in [3.63, 3.8) is 0 Å². The molecule has 0 spiro atoms. The summed E-state index contributed by atoms with van der Waals surface area (Å²) in [6.07, 6.45) is 2.67. The molecule has 0 N–H and O–H groups in total. The van der Waals surface area contributed by atoms with Crippen LogP contribution >= 0.6 is 0 Å². The molecule has 2 rings (SSSR count). The second-order valence-electron chi connectivity index (χ2n) is 4.44.